The van der Waals surface area contributed by atoms with Crippen LogP contribution >= 0.6 is 0 Å². The Morgan fingerprint density at radius 2 is 2.14 bits per heavy atom. The fourth-order valence-electron chi connectivity index (χ4n) is 2.37. The summed E-state index contributed by atoms with van der Waals surface area (Å²) in [6, 6.07) is 0. The number of hydrogen-bond acceptors (Lipinski definition) is 1. The van der Waals surface area contributed by atoms with E-state index in [1.165, 1.54) is 19.2 Å². The first-order valence-corrected chi connectivity index (χ1v) is 9.25. The van der Waals surface area contributed by atoms with Crippen LogP contribution in [0.3, 0.4) is 0 Å². The van der Waals surface area contributed by atoms with Crippen LogP contribution in [0.1, 0.15) is 19.8 Å². The molecule has 0 radical (unpaired) electrons. The zero-order valence-electron chi connectivity index (χ0n) is 10.1. The van der Waals surface area contributed by atoms with Crippen molar-refractivity contribution in [3.8, 4) is 0 Å². The van der Waals surface area contributed by atoms with Gasteiger partial charge in [0.1, 0.15) is 0 Å². The molecule has 0 N–H and O–H groups in total. The lowest BCUT2D eigenvalue weighted by Crippen LogP contribution is -2.37. The Balaban J connectivity index is 2.47. The second-order valence-electron chi connectivity index (χ2n) is 5.71. The van der Waals surface area contributed by atoms with Crippen molar-refractivity contribution < 1.29 is 4.65 Å². The van der Waals surface area contributed by atoms with Crippen LogP contribution in [0.4, 0.5) is 0 Å². The van der Waals surface area contributed by atoms with Crippen LogP contribution in [0.2, 0.25) is 31.4 Å². The molecule has 0 amide bonds. The topological polar surface area (TPSA) is 9.23 Å². The first-order valence-electron chi connectivity index (χ1n) is 5.67. The lowest BCUT2D eigenvalue weighted by molar-refractivity contribution is 0.356. The van der Waals surface area contributed by atoms with Gasteiger partial charge >= 0.3 is 0 Å². The summed E-state index contributed by atoms with van der Waals surface area (Å²) in [5, 5.41) is 0. The molecule has 0 aliphatic carbocycles. The summed E-state index contributed by atoms with van der Waals surface area (Å²) in [5.74, 6) is 0. The van der Waals surface area contributed by atoms with Crippen LogP contribution in [0.25, 0.3) is 0 Å². The van der Waals surface area contributed by atoms with Gasteiger partial charge in [-0.05, 0) is 18.7 Å². The molecule has 0 saturated carbocycles. The standard InChI is InChI=1S/C11H23BOSi/c1-10(2)9-13-12-8-6-7-11(12)14(3,4)5/h11H,1,6-9H2,2-5H3/t11-/m1/s1. The Morgan fingerprint density at radius 1 is 1.50 bits per heavy atom. The van der Waals surface area contributed by atoms with Crippen molar-refractivity contribution in [3.63, 3.8) is 0 Å². The van der Waals surface area contributed by atoms with Gasteiger partial charge in [-0.1, -0.05) is 44.6 Å². The SMILES string of the molecule is C=C(C)COB1CCC[C@H]1[Si](C)(C)C. The van der Waals surface area contributed by atoms with Gasteiger partial charge in [0.25, 0.3) is 6.92 Å². The van der Waals surface area contributed by atoms with Crippen LogP contribution in [0, 0.1) is 0 Å². The maximum Gasteiger partial charge on any atom is 0.293 e. The minimum atomic E-state index is -1.01. The first-order chi connectivity index (χ1) is 6.41. The normalized spacial score (nSPS) is 22.9. The highest BCUT2D eigenvalue weighted by atomic mass is 28.3. The van der Waals surface area contributed by atoms with Crippen LogP contribution in [-0.2, 0) is 4.65 Å². The summed E-state index contributed by atoms with van der Waals surface area (Å²) in [6.45, 7) is 14.6. The molecule has 0 aromatic heterocycles. The molecule has 80 valence electrons. The molecule has 1 aliphatic rings. The van der Waals surface area contributed by atoms with Crippen molar-refractivity contribution in [1.82, 2.24) is 0 Å². The summed E-state index contributed by atoms with van der Waals surface area (Å²) in [7, 11) is -1.01. The quantitative estimate of drug-likeness (QED) is 0.508. The minimum Gasteiger partial charge on any atom is -0.432 e. The van der Waals surface area contributed by atoms with Gasteiger partial charge in [0.2, 0.25) is 0 Å². The fourth-order valence-corrected chi connectivity index (χ4v) is 4.81. The Hall–Kier alpha value is -0.0182. The van der Waals surface area contributed by atoms with Crippen LogP contribution in [0.5, 0.6) is 0 Å². The molecule has 0 aromatic rings. The molecule has 1 saturated heterocycles. The van der Waals surface area contributed by atoms with E-state index in [1.807, 2.05) is 6.92 Å². The van der Waals surface area contributed by atoms with Crippen molar-refractivity contribution in [3.05, 3.63) is 12.2 Å². The average molecular weight is 210 g/mol. The lowest BCUT2D eigenvalue weighted by Gasteiger charge is -2.28. The molecule has 0 bridgehead atoms. The molecule has 3 heteroatoms. The average Bonchev–Trinajstić information content (AvgIpc) is 2.46. The molecule has 0 spiro atoms. The zero-order valence-corrected chi connectivity index (χ0v) is 11.1. The Bertz CT molecular complexity index is 210. The van der Waals surface area contributed by atoms with Gasteiger partial charge in [-0.2, -0.15) is 0 Å². The predicted octanol–water partition coefficient (Wildman–Crippen LogP) is 3.61. The molecular formula is C11H23BOSi. The van der Waals surface area contributed by atoms with Gasteiger partial charge in [-0.3, -0.25) is 0 Å². The zero-order chi connectivity index (χ0) is 10.8. The summed E-state index contributed by atoms with van der Waals surface area (Å²) >= 11 is 0. The second-order valence-corrected chi connectivity index (χ2v) is 11.2. The third-order valence-corrected chi connectivity index (χ3v) is 5.99. The largest absolute Gasteiger partial charge is 0.432 e. The Morgan fingerprint density at radius 3 is 2.64 bits per heavy atom. The van der Waals surface area contributed by atoms with E-state index in [0.29, 0.717) is 6.92 Å². The molecule has 14 heavy (non-hydrogen) atoms. The predicted molar refractivity (Wildman–Crippen MR) is 67.7 cm³/mol. The molecule has 1 atom stereocenters. The van der Waals surface area contributed by atoms with Crippen molar-refractivity contribution >= 4 is 15.0 Å². The molecule has 1 rings (SSSR count). The molecule has 0 aromatic carbocycles. The minimum absolute atomic E-state index is 0.526. The van der Waals surface area contributed by atoms with E-state index in [2.05, 4.69) is 26.2 Å². The maximum absolute atomic E-state index is 5.94. The van der Waals surface area contributed by atoms with Gasteiger partial charge in [0.05, 0.1) is 0 Å². The van der Waals surface area contributed by atoms with Crippen molar-refractivity contribution in [2.75, 3.05) is 6.61 Å². The van der Waals surface area contributed by atoms with Gasteiger partial charge in [-0.25, -0.2) is 0 Å². The van der Waals surface area contributed by atoms with E-state index in [0.717, 1.165) is 17.6 Å². The summed E-state index contributed by atoms with van der Waals surface area (Å²) in [4.78, 5) is 0. The lowest BCUT2D eigenvalue weighted by atomic mass is 9.65. The smallest absolute Gasteiger partial charge is 0.293 e. The van der Waals surface area contributed by atoms with Crippen LogP contribution in [-0.4, -0.2) is 21.6 Å². The van der Waals surface area contributed by atoms with Gasteiger partial charge in [0.15, 0.2) is 0 Å². The van der Waals surface area contributed by atoms with Crippen LogP contribution in [0.15, 0.2) is 12.2 Å². The summed E-state index contributed by atoms with van der Waals surface area (Å²) < 4.78 is 5.94. The van der Waals surface area contributed by atoms with Crippen molar-refractivity contribution in [1.29, 1.82) is 0 Å². The first kappa shape index (κ1) is 12.1. The van der Waals surface area contributed by atoms with E-state index in [-0.39, 0.29) is 0 Å². The molecule has 1 fully saturated rings. The third kappa shape index (κ3) is 3.28. The monoisotopic (exact) mass is 210 g/mol. The highest BCUT2D eigenvalue weighted by molar-refractivity contribution is 6.88. The van der Waals surface area contributed by atoms with Gasteiger partial charge < -0.3 is 4.65 Å². The van der Waals surface area contributed by atoms with Gasteiger partial charge in [0, 0.05) is 14.7 Å². The third-order valence-electron chi connectivity index (χ3n) is 3.11. The maximum atomic E-state index is 5.94. The van der Waals surface area contributed by atoms with Crippen molar-refractivity contribution in [2.24, 2.45) is 0 Å². The highest BCUT2D eigenvalue weighted by Gasteiger charge is 2.40. The highest BCUT2D eigenvalue weighted by Crippen LogP contribution is 2.38. The Labute approximate surface area is 90.0 Å². The van der Waals surface area contributed by atoms with E-state index in [4.69, 9.17) is 4.65 Å². The Kier molecular flexibility index (Phi) is 4.02. The van der Waals surface area contributed by atoms with Crippen LogP contribution < -0.4 is 0 Å². The van der Waals surface area contributed by atoms with Gasteiger partial charge in [-0.15, -0.1) is 0 Å². The van der Waals surface area contributed by atoms with E-state index < -0.39 is 8.07 Å². The molecule has 0 unspecified atom stereocenters. The summed E-state index contributed by atoms with van der Waals surface area (Å²) in [6.07, 6.45) is 4.01. The van der Waals surface area contributed by atoms with E-state index in [1.54, 1.807) is 0 Å². The summed E-state index contributed by atoms with van der Waals surface area (Å²) in [5.41, 5.74) is 2.01. The number of hydrogen-bond donors (Lipinski definition) is 0. The molecule has 1 nitrogen and oxygen atoms in total. The molecule has 1 heterocycles. The number of rotatable bonds is 4. The second kappa shape index (κ2) is 4.67. The van der Waals surface area contributed by atoms with Crippen molar-refractivity contribution in [2.45, 2.75) is 51.2 Å². The van der Waals surface area contributed by atoms with E-state index >= 15 is 0 Å². The molecule has 1 aliphatic heterocycles. The molecular weight excluding hydrogens is 187 g/mol. The fraction of sp³-hybridized carbons (Fsp3) is 0.818. The van der Waals surface area contributed by atoms with E-state index in [9.17, 15) is 0 Å².